The van der Waals surface area contributed by atoms with Gasteiger partial charge in [-0.1, -0.05) is 49.6 Å². The number of aromatic nitrogens is 2. The van der Waals surface area contributed by atoms with E-state index >= 15 is 0 Å². The second-order valence-electron chi connectivity index (χ2n) is 7.43. The molecule has 1 fully saturated rings. The van der Waals surface area contributed by atoms with Crippen LogP contribution in [-0.2, 0) is 0 Å². The van der Waals surface area contributed by atoms with Gasteiger partial charge in [0.1, 0.15) is 5.65 Å². The minimum absolute atomic E-state index is 0.0434. The van der Waals surface area contributed by atoms with E-state index in [2.05, 4.69) is 22.4 Å². The highest BCUT2D eigenvalue weighted by Crippen LogP contribution is 2.35. The van der Waals surface area contributed by atoms with Crippen LogP contribution in [0.25, 0.3) is 5.65 Å². The number of nitrogens with one attached hydrogen (secondary N) is 1. The topological polar surface area (TPSA) is 46.4 Å². The predicted octanol–water partition coefficient (Wildman–Crippen LogP) is 4.61. The van der Waals surface area contributed by atoms with Crippen molar-refractivity contribution < 1.29 is 4.79 Å². The van der Waals surface area contributed by atoms with Crippen molar-refractivity contribution >= 4 is 11.6 Å². The Kier molecular flexibility index (Phi) is 4.49. The number of nitrogens with zero attached hydrogens (tertiary/aromatic N) is 2. The first-order valence-electron chi connectivity index (χ1n) is 9.43. The third-order valence-corrected chi connectivity index (χ3v) is 5.49. The van der Waals surface area contributed by atoms with Gasteiger partial charge in [0, 0.05) is 17.6 Å². The summed E-state index contributed by atoms with van der Waals surface area (Å²) < 4.78 is 1.98. The Morgan fingerprint density at radius 3 is 2.69 bits per heavy atom. The molecule has 1 aromatic carbocycles. The minimum Gasteiger partial charge on any atom is -0.345 e. The Hall–Kier alpha value is -2.62. The SMILES string of the molecule is Cc1cc(C)n2ccc(C(=O)NC(CC3CCC3)c3ccccc3)c2n1. The van der Waals surface area contributed by atoms with Crippen LogP contribution in [0.1, 0.15) is 59.0 Å². The molecule has 3 aromatic rings. The molecule has 1 N–H and O–H groups in total. The largest absolute Gasteiger partial charge is 0.345 e. The van der Waals surface area contributed by atoms with E-state index in [9.17, 15) is 4.79 Å². The van der Waals surface area contributed by atoms with Gasteiger partial charge in [0.2, 0.25) is 0 Å². The number of aryl methyl sites for hydroxylation is 2. The Morgan fingerprint density at radius 1 is 1.23 bits per heavy atom. The summed E-state index contributed by atoms with van der Waals surface area (Å²) in [5.41, 5.74) is 4.57. The number of hydrogen-bond donors (Lipinski definition) is 1. The zero-order chi connectivity index (χ0) is 18.1. The van der Waals surface area contributed by atoms with Crippen molar-refractivity contribution in [3.8, 4) is 0 Å². The molecular formula is C22H25N3O. The molecule has 134 valence electrons. The molecule has 2 heterocycles. The fraction of sp³-hybridized carbons (Fsp3) is 0.364. The van der Waals surface area contributed by atoms with Gasteiger partial charge in [-0.15, -0.1) is 0 Å². The number of benzene rings is 1. The smallest absolute Gasteiger partial charge is 0.255 e. The Balaban J connectivity index is 1.62. The fourth-order valence-electron chi connectivity index (χ4n) is 3.83. The number of carbonyl (C=O) groups is 1. The average molecular weight is 347 g/mol. The van der Waals surface area contributed by atoms with E-state index in [1.54, 1.807) is 0 Å². The van der Waals surface area contributed by atoms with Crippen LogP contribution in [0.4, 0.5) is 0 Å². The highest BCUT2D eigenvalue weighted by molar-refractivity contribution is 6.00. The zero-order valence-electron chi connectivity index (χ0n) is 15.4. The lowest BCUT2D eigenvalue weighted by molar-refractivity contribution is 0.0927. The van der Waals surface area contributed by atoms with Crippen LogP contribution in [0, 0.1) is 19.8 Å². The van der Waals surface area contributed by atoms with Gasteiger partial charge in [-0.3, -0.25) is 4.79 Å². The number of rotatable bonds is 5. The second kappa shape index (κ2) is 6.94. The van der Waals surface area contributed by atoms with E-state index in [0.29, 0.717) is 11.5 Å². The van der Waals surface area contributed by atoms with Gasteiger partial charge in [-0.05, 0) is 43.9 Å². The first-order valence-corrected chi connectivity index (χ1v) is 9.43. The number of amides is 1. The number of hydrogen-bond acceptors (Lipinski definition) is 2. The van der Waals surface area contributed by atoms with Gasteiger partial charge in [-0.2, -0.15) is 0 Å². The summed E-state index contributed by atoms with van der Waals surface area (Å²) >= 11 is 0. The van der Waals surface area contributed by atoms with Gasteiger partial charge in [-0.25, -0.2) is 4.98 Å². The van der Waals surface area contributed by atoms with Crippen LogP contribution in [0.2, 0.25) is 0 Å². The Labute approximate surface area is 154 Å². The van der Waals surface area contributed by atoms with Gasteiger partial charge >= 0.3 is 0 Å². The molecule has 0 saturated heterocycles. The third kappa shape index (κ3) is 3.24. The highest BCUT2D eigenvalue weighted by atomic mass is 16.1. The van der Waals surface area contributed by atoms with Crippen LogP contribution < -0.4 is 5.32 Å². The first-order chi connectivity index (χ1) is 12.6. The molecule has 1 saturated carbocycles. The van der Waals surface area contributed by atoms with Crippen molar-refractivity contribution in [1.82, 2.24) is 14.7 Å². The first kappa shape index (κ1) is 16.8. The zero-order valence-corrected chi connectivity index (χ0v) is 15.4. The van der Waals surface area contributed by atoms with Crippen molar-refractivity contribution in [2.24, 2.45) is 5.92 Å². The van der Waals surface area contributed by atoms with E-state index in [1.807, 2.05) is 54.8 Å². The maximum atomic E-state index is 13.0. The summed E-state index contributed by atoms with van der Waals surface area (Å²) in [6.07, 6.45) is 6.79. The molecule has 1 unspecified atom stereocenters. The normalized spacial score (nSPS) is 15.6. The molecule has 1 aliphatic carbocycles. The van der Waals surface area contributed by atoms with Gasteiger partial charge in [0.15, 0.2) is 0 Å². The monoisotopic (exact) mass is 347 g/mol. The molecule has 2 aromatic heterocycles. The van der Waals surface area contributed by atoms with Crippen molar-refractivity contribution in [2.45, 2.75) is 45.6 Å². The van der Waals surface area contributed by atoms with Gasteiger partial charge in [0.05, 0.1) is 11.6 Å². The summed E-state index contributed by atoms with van der Waals surface area (Å²) in [7, 11) is 0. The Morgan fingerprint density at radius 2 is 2.00 bits per heavy atom. The van der Waals surface area contributed by atoms with Crippen molar-refractivity contribution in [3.05, 3.63) is 71.2 Å². The standard InChI is InChI=1S/C22H25N3O/c1-15-13-16(2)25-12-11-19(21(25)23-15)22(26)24-20(14-17-7-6-8-17)18-9-4-3-5-10-18/h3-5,9-13,17,20H,6-8,14H2,1-2H3,(H,24,26). The average Bonchev–Trinajstić information content (AvgIpc) is 3.01. The molecule has 26 heavy (non-hydrogen) atoms. The maximum Gasteiger partial charge on any atom is 0.255 e. The third-order valence-electron chi connectivity index (χ3n) is 5.49. The van der Waals surface area contributed by atoms with Crippen molar-refractivity contribution in [3.63, 3.8) is 0 Å². The summed E-state index contributed by atoms with van der Waals surface area (Å²) in [6, 6.07) is 14.3. The molecule has 0 aliphatic heterocycles. The van der Waals surface area contributed by atoms with Crippen LogP contribution in [0.5, 0.6) is 0 Å². The molecule has 1 amide bonds. The fourth-order valence-corrected chi connectivity index (χ4v) is 3.83. The highest BCUT2D eigenvalue weighted by Gasteiger charge is 2.25. The van der Waals surface area contributed by atoms with Crippen LogP contribution in [-0.4, -0.2) is 15.3 Å². The van der Waals surface area contributed by atoms with Crippen LogP contribution >= 0.6 is 0 Å². The van der Waals surface area contributed by atoms with E-state index < -0.39 is 0 Å². The van der Waals surface area contributed by atoms with Crippen molar-refractivity contribution in [1.29, 1.82) is 0 Å². The minimum atomic E-state index is -0.0434. The summed E-state index contributed by atoms with van der Waals surface area (Å²) in [4.78, 5) is 17.6. The van der Waals surface area contributed by atoms with Gasteiger partial charge < -0.3 is 9.72 Å². The van der Waals surface area contributed by atoms with E-state index in [0.717, 1.165) is 23.5 Å². The lowest BCUT2D eigenvalue weighted by Gasteiger charge is -2.30. The number of fused-ring (bicyclic) bond motifs is 1. The maximum absolute atomic E-state index is 13.0. The van der Waals surface area contributed by atoms with E-state index in [4.69, 9.17) is 0 Å². The van der Waals surface area contributed by atoms with E-state index in [1.165, 1.54) is 24.8 Å². The van der Waals surface area contributed by atoms with Crippen molar-refractivity contribution in [2.75, 3.05) is 0 Å². The molecule has 0 bridgehead atoms. The molecule has 4 rings (SSSR count). The molecule has 1 atom stereocenters. The summed E-state index contributed by atoms with van der Waals surface area (Å²) in [6.45, 7) is 4.00. The lowest BCUT2D eigenvalue weighted by Crippen LogP contribution is -2.31. The van der Waals surface area contributed by atoms with Gasteiger partial charge in [0.25, 0.3) is 5.91 Å². The molecular weight excluding hydrogens is 322 g/mol. The Bertz CT molecular complexity index is 925. The molecule has 4 nitrogen and oxygen atoms in total. The van der Waals surface area contributed by atoms with Crippen LogP contribution in [0.3, 0.4) is 0 Å². The summed E-state index contributed by atoms with van der Waals surface area (Å²) in [5.74, 6) is 0.673. The molecule has 0 radical (unpaired) electrons. The number of carbonyl (C=O) groups excluding carboxylic acids is 1. The molecule has 4 heteroatoms. The quantitative estimate of drug-likeness (QED) is 0.732. The molecule has 0 spiro atoms. The second-order valence-corrected chi connectivity index (χ2v) is 7.43. The molecule has 1 aliphatic rings. The summed E-state index contributed by atoms with van der Waals surface area (Å²) in [5, 5.41) is 3.27. The lowest BCUT2D eigenvalue weighted by atomic mass is 9.79. The van der Waals surface area contributed by atoms with E-state index in [-0.39, 0.29) is 11.9 Å². The predicted molar refractivity (Wildman–Crippen MR) is 103 cm³/mol. The van der Waals surface area contributed by atoms with Crippen LogP contribution in [0.15, 0.2) is 48.7 Å².